The van der Waals surface area contributed by atoms with Crippen molar-refractivity contribution >= 4 is 23.5 Å². The second kappa shape index (κ2) is 8.89. The Labute approximate surface area is 168 Å². The summed E-state index contributed by atoms with van der Waals surface area (Å²) in [6.45, 7) is 0.421. The third-order valence-electron chi connectivity index (χ3n) is 4.52. The van der Waals surface area contributed by atoms with E-state index >= 15 is 0 Å². The molecule has 6 heteroatoms. The zero-order valence-electron chi connectivity index (χ0n) is 15.4. The highest BCUT2D eigenvalue weighted by Gasteiger charge is 2.25. The summed E-state index contributed by atoms with van der Waals surface area (Å²) in [5, 5.41) is 0. The molecule has 0 radical (unpaired) electrons. The van der Waals surface area contributed by atoms with Crippen molar-refractivity contribution < 1.29 is 9.53 Å². The molecule has 1 aliphatic heterocycles. The second-order valence-electron chi connectivity index (χ2n) is 6.52. The molecule has 1 fully saturated rings. The molecule has 5 nitrogen and oxygen atoms in total. The van der Waals surface area contributed by atoms with Crippen LogP contribution in [0.5, 0.6) is 5.88 Å². The van der Waals surface area contributed by atoms with Crippen LogP contribution in [0.15, 0.2) is 73.1 Å². The molecule has 1 saturated heterocycles. The van der Waals surface area contributed by atoms with Gasteiger partial charge in [0.2, 0.25) is 5.88 Å². The number of ether oxygens (including phenoxy) is 1. The molecule has 3 aromatic rings. The SMILES string of the molecule is O=C(c1cccnc1OC1CCSC1)N(Cc1ccccc1)c1ccccn1. The maximum Gasteiger partial charge on any atom is 0.265 e. The number of carbonyl (C=O) groups excluding carboxylic acids is 1. The quantitative estimate of drug-likeness (QED) is 0.630. The number of benzene rings is 1. The average molecular weight is 391 g/mol. The maximum atomic E-state index is 13.5. The highest BCUT2D eigenvalue weighted by molar-refractivity contribution is 7.99. The van der Waals surface area contributed by atoms with Gasteiger partial charge in [0.1, 0.15) is 17.5 Å². The van der Waals surface area contributed by atoms with Crippen molar-refractivity contribution in [1.82, 2.24) is 9.97 Å². The summed E-state index contributed by atoms with van der Waals surface area (Å²) in [6.07, 6.45) is 4.43. The van der Waals surface area contributed by atoms with Crippen molar-refractivity contribution in [2.75, 3.05) is 16.4 Å². The van der Waals surface area contributed by atoms with E-state index in [2.05, 4.69) is 9.97 Å². The van der Waals surface area contributed by atoms with Gasteiger partial charge < -0.3 is 4.74 Å². The average Bonchev–Trinajstić information content (AvgIpc) is 3.26. The van der Waals surface area contributed by atoms with E-state index in [1.165, 1.54) is 0 Å². The van der Waals surface area contributed by atoms with Crippen LogP contribution in [0.3, 0.4) is 0 Å². The van der Waals surface area contributed by atoms with Gasteiger partial charge in [-0.15, -0.1) is 0 Å². The van der Waals surface area contributed by atoms with Crippen molar-refractivity contribution in [1.29, 1.82) is 0 Å². The van der Waals surface area contributed by atoms with E-state index in [1.807, 2.05) is 60.3 Å². The van der Waals surface area contributed by atoms with Crippen LogP contribution in [0.4, 0.5) is 5.82 Å². The van der Waals surface area contributed by atoms with Crippen molar-refractivity contribution in [2.45, 2.75) is 19.1 Å². The van der Waals surface area contributed by atoms with Gasteiger partial charge in [0.05, 0.1) is 6.54 Å². The highest BCUT2D eigenvalue weighted by Crippen LogP contribution is 2.26. The number of carbonyl (C=O) groups is 1. The number of hydrogen-bond donors (Lipinski definition) is 0. The number of thioether (sulfide) groups is 1. The fraction of sp³-hybridized carbons (Fsp3) is 0.227. The van der Waals surface area contributed by atoms with Crippen LogP contribution in [0.25, 0.3) is 0 Å². The maximum absolute atomic E-state index is 13.5. The second-order valence-corrected chi connectivity index (χ2v) is 7.67. The van der Waals surface area contributed by atoms with Gasteiger partial charge in [-0.25, -0.2) is 9.97 Å². The molecule has 1 aromatic carbocycles. The lowest BCUT2D eigenvalue weighted by molar-refractivity contribution is 0.0976. The summed E-state index contributed by atoms with van der Waals surface area (Å²) in [5.74, 6) is 2.83. The van der Waals surface area contributed by atoms with Crippen LogP contribution in [0.2, 0.25) is 0 Å². The normalized spacial score (nSPS) is 15.9. The number of aromatic nitrogens is 2. The van der Waals surface area contributed by atoms with Crippen molar-refractivity contribution in [3.63, 3.8) is 0 Å². The van der Waals surface area contributed by atoms with Gasteiger partial charge in [0.15, 0.2) is 0 Å². The highest BCUT2D eigenvalue weighted by atomic mass is 32.2. The molecule has 0 aliphatic carbocycles. The number of rotatable bonds is 6. The molecule has 4 rings (SSSR count). The lowest BCUT2D eigenvalue weighted by Gasteiger charge is -2.23. The number of anilines is 1. The van der Waals surface area contributed by atoms with E-state index in [1.54, 1.807) is 29.4 Å². The van der Waals surface area contributed by atoms with Crippen molar-refractivity contribution in [2.24, 2.45) is 0 Å². The lowest BCUT2D eigenvalue weighted by atomic mass is 10.1. The molecule has 1 unspecified atom stereocenters. The Morgan fingerprint density at radius 2 is 1.86 bits per heavy atom. The molecule has 0 spiro atoms. The van der Waals surface area contributed by atoms with Gasteiger partial charge in [-0.1, -0.05) is 36.4 Å². The first-order valence-electron chi connectivity index (χ1n) is 9.27. The number of hydrogen-bond acceptors (Lipinski definition) is 5. The third kappa shape index (κ3) is 4.34. The van der Waals surface area contributed by atoms with Crippen LogP contribution >= 0.6 is 11.8 Å². The molecular weight excluding hydrogens is 370 g/mol. The molecule has 0 bridgehead atoms. The first kappa shape index (κ1) is 18.5. The zero-order chi connectivity index (χ0) is 19.2. The van der Waals surface area contributed by atoms with E-state index in [-0.39, 0.29) is 12.0 Å². The lowest BCUT2D eigenvalue weighted by Crippen LogP contribution is -2.32. The summed E-state index contributed by atoms with van der Waals surface area (Å²) < 4.78 is 6.06. The van der Waals surface area contributed by atoms with Crippen LogP contribution in [-0.4, -0.2) is 33.5 Å². The Morgan fingerprint density at radius 3 is 2.61 bits per heavy atom. The Balaban J connectivity index is 1.65. The molecule has 142 valence electrons. The largest absolute Gasteiger partial charge is 0.473 e. The minimum absolute atomic E-state index is 0.101. The van der Waals surface area contributed by atoms with E-state index in [0.717, 1.165) is 23.5 Å². The van der Waals surface area contributed by atoms with Gasteiger partial charge in [0, 0.05) is 18.1 Å². The summed E-state index contributed by atoms with van der Waals surface area (Å²) in [7, 11) is 0. The topological polar surface area (TPSA) is 55.3 Å². The zero-order valence-corrected chi connectivity index (χ0v) is 16.2. The van der Waals surface area contributed by atoms with Crippen LogP contribution in [0.1, 0.15) is 22.3 Å². The number of pyridine rings is 2. The number of nitrogens with zero attached hydrogens (tertiary/aromatic N) is 3. The predicted molar refractivity (Wildman–Crippen MR) is 112 cm³/mol. The van der Waals surface area contributed by atoms with Gasteiger partial charge in [-0.2, -0.15) is 11.8 Å². The molecule has 0 N–H and O–H groups in total. The molecule has 0 saturated carbocycles. The monoisotopic (exact) mass is 391 g/mol. The van der Waals surface area contributed by atoms with Gasteiger partial charge >= 0.3 is 0 Å². The van der Waals surface area contributed by atoms with E-state index in [9.17, 15) is 4.79 Å². The van der Waals surface area contributed by atoms with E-state index in [4.69, 9.17) is 4.74 Å². The van der Waals surface area contributed by atoms with E-state index in [0.29, 0.717) is 23.8 Å². The molecule has 2 aromatic heterocycles. The first-order valence-corrected chi connectivity index (χ1v) is 10.4. The summed E-state index contributed by atoms with van der Waals surface area (Å²) >= 11 is 1.86. The fourth-order valence-corrected chi connectivity index (χ4v) is 4.19. The molecule has 1 aliphatic rings. The Kier molecular flexibility index (Phi) is 5.87. The standard InChI is InChI=1S/C22H21N3O2S/c26-22(19-9-6-13-24-21(19)27-18-11-14-28-16-18)25(20-10-4-5-12-23-20)15-17-7-2-1-3-8-17/h1-10,12-13,18H,11,14-16H2. The van der Waals surface area contributed by atoms with E-state index < -0.39 is 0 Å². The van der Waals surface area contributed by atoms with Crippen molar-refractivity contribution in [3.8, 4) is 5.88 Å². The van der Waals surface area contributed by atoms with Crippen LogP contribution in [0, 0.1) is 0 Å². The van der Waals surface area contributed by atoms with Gasteiger partial charge in [-0.3, -0.25) is 9.69 Å². The summed E-state index contributed by atoms with van der Waals surface area (Å²) in [4.78, 5) is 23.9. The van der Waals surface area contributed by atoms with Crippen LogP contribution in [-0.2, 0) is 6.54 Å². The molecule has 1 amide bonds. The smallest absolute Gasteiger partial charge is 0.265 e. The van der Waals surface area contributed by atoms with Crippen molar-refractivity contribution in [3.05, 3.63) is 84.2 Å². The molecular formula is C22H21N3O2S. The summed E-state index contributed by atoms with van der Waals surface area (Å²) in [6, 6.07) is 19.0. The molecule has 3 heterocycles. The minimum Gasteiger partial charge on any atom is -0.473 e. The Hall–Kier alpha value is -2.86. The van der Waals surface area contributed by atoms with Gasteiger partial charge in [0.25, 0.3) is 5.91 Å². The predicted octanol–water partition coefficient (Wildman–Crippen LogP) is 4.21. The van der Waals surface area contributed by atoms with Gasteiger partial charge in [-0.05, 0) is 42.0 Å². The molecule has 1 atom stereocenters. The first-order chi connectivity index (χ1) is 13.8. The minimum atomic E-state index is -0.170. The third-order valence-corrected chi connectivity index (χ3v) is 5.65. The molecule has 28 heavy (non-hydrogen) atoms. The van der Waals surface area contributed by atoms with Crippen LogP contribution < -0.4 is 9.64 Å². The Bertz CT molecular complexity index is 915. The summed E-state index contributed by atoms with van der Waals surface area (Å²) in [5.41, 5.74) is 1.49. The number of amides is 1. The Morgan fingerprint density at radius 1 is 1.04 bits per heavy atom. The fourth-order valence-electron chi connectivity index (χ4n) is 3.09.